The predicted octanol–water partition coefficient (Wildman–Crippen LogP) is 3.35. The van der Waals surface area contributed by atoms with E-state index in [2.05, 4.69) is 15.4 Å². The van der Waals surface area contributed by atoms with Gasteiger partial charge in [-0.3, -0.25) is 10.1 Å². The zero-order valence-electron chi connectivity index (χ0n) is 15.4. The Hall–Kier alpha value is -3.62. The Morgan fingerprint density at radius 2 is 2.04 bits per heavy atom. The van der Waals surface area contributed by atoms with Crippen molar-refractivity contribution in [1.29, 1.82) is 0 Å². The van der Waals surface area contributed by atoms with Gasteiger partial charge in [-0.15, -0.1) is 0 Å². The molecule has 0 spiro atoms. The molecule has 9 heteroatoms. The number of anilines is 1. The predicted molar refractivity (Wildman–Crippen MR) is 102 cm³/mol. The summed E-state index contributed by atoms with van der Waals surface area (Å²) in [6, 6.07) is 12.0. The fraction of sp³-hybridized carbons (Fsp3) is 0.263. The highest BCUT2D eigenvalue weighted by molar-refractivity contribution is 5.50. The van der Waals surface area contributed by atoms with Crippen LogP contribution in [0.15, 0.2) is 48.8 Å². The van der Waals surface area contributed by atoms with Crippen LogP contribution in [-0.4, -0.2) is 33.9 Å². The second kappa shape index (κ2) is 7.18. The zero-order valence-corrected chi connectivity index (χ0v) is 15.4. The number of rotatable bonds is 5. The van der Waals surface area contributed by atoms with Crippen LogP contribution in [0.2, 0.25) is 0 Å². The van der Waals surface area contributed by atoms with E-state index in [0.29, 0.717) is 23.9 Å². The summed E-state index contributed by atoms with van der Waals surface area (Å²) in [5, 5.41) is 18.8. The first-order valence-electron chi connectivity index (χ1n) is 8.73. The number of para-hydroxylation sites is 1. The van der Waals surface area contributed by atoms with Gasteiger partial charge < -0.3 is 14.8 Å². The molecule has 0 amide bonds. The van der Waals surface area contributed by atoms with Gasteiger partial charge >= 0.3 is 0 Å². The minimum Gasteiger partial charge on any atom is -0.493 e. The molecule has 1 aliphatic heterocycles. The molecule has 2 atom stereocenters. The number of benzene rings is 2. The lowest BCUT2D eigenvalue weighted by atomic mass is 9.92. The molecule has 4 rings (SSSR count). The van der Waals surface area contributed by atoms with E-state index in [1.807, 2.05) is 24.3 Å². The number of ether oxygens (including phenoxy) is 2. The number of hydrogen-bond acceptors (Lipinski definition) is 7. The Morgan fingerprint density at radius 1 is 1.21 bits per heavy atom. The molecule has 3 aromatic rings. The Kier molecular flexibility index (Phi) is 4.56. The normalized spacial score (nSPS) is 18.1. The van der Waals surface area contributed by atoms with Gasteiger partial charge in [0.2, 0.25) is 5.95 Å². The van der Waals surface area contributed by atoms with E-state index >= 15 is 0 Å². The summed E-state index contributed by atoms with van der Waals surface area (Å²) in [5.41, 5.74) is 1.78. The van der Waals surface area contributed by atoms with Crippen LogP contribution in [0.4, 0.5) is 11.6 Å². The van der Waals surface area contributed by atoms with Crippen molar-refractivity contribution in [3.05, 3.63) is 70.0 Å². The van der Waals surface area contributed by atoms with Gasteiger partial charge in [-0.05, 0) is 18.1 Å². The number of aromatic nitrogens is 3. The molecule has 0 fully saturated rings. The summed E-state index contributed by atoms with van der Waals surface area (Å²) in [5.74, 6) is 1.86. The van der Waals surface area contributed by atoms with Crippen molar-refractivity contribution in [3.8, 4) is 11.5 Å². The summed E-state index contributed by atoms with van der Waals surface area (Å²) in [6.07, 6.45) is 2.10. The lowest BCUT2D eigenvalue weighted by molar-refractivity contribution is -0.384. The van der Waals surface area contributed by atoms with Gasteiger partial charge in [0.15, 0.2) is 11.5 Å². The maximum Gasteiger partial charge on any atom is 0.269 e. The largest absolute Gasteiger partial charge is 0.493 e. The van der Waals surface area contributed by atoms with Crippen molar-refractivity contribution in [1.82, 2.24) is 14.8 Å². The summed E-state index contributed by atoms with van der Waals surface area (Å²) < 4.78 is 12.8. The Balaban J connectivity index is 1.78. The fourth-order valence-corrected chi connectivity index (χ4v) is 3.63. The fourth-order valence-electron chi connectivity index (χ4n) is 3.63. The molecule has 1 aromatic heterocycles. The minimum atomic E-state index is -0.391. The topological polar surface area (TPSA) is 104 Å². The highest BCUT2D eigenvalue weighted by Crippen LogP contribution is 2.43. The number of nitro groups is 1. The molecule has 0 radical (unpaired) electrons. The van der Waals surface area contributed by atoms with Crippen LogP contribution >= 0.6 is 0 Å². The second-order valence-electron chi connectivity index (χ2n) is 6.41. The van der Waals surface area contributed by atoms with E-state index in [-0.39, 0.29) is 17.8 Å². The first kappa shape index (κ1) is 17.8. The van der Waals surface area contributed by atoms with Crippen LogP contribution in [0.5, 0.6) is 11.5 Å². The molecular weight excluding hydrogens is 362 g/mol. The molecule has 2 heterocycles. The highest BCUT2D eigenvalue weighted by Gasteiger charge is 2.32. The summed E-state index contributed by atoms with van der Waals surface area (Å²) >= 11 is 0. The van der Waals surface area contributed by atoms with Gasteiger partial charge in [-0.25, -0.2) is 4.68 Å². The van der Waals surface area contributed by atoms with E-state index in [9.17, 15) is 10.1 Å². The van der Waals surface area contributed by atoms with E-state index in [1.165, 1.54) is 12.4 Å². The first-order valence-corrected chi connectivity index (χ1v) is 8.73. The molecule has 0 saturated carbocycles. The van der Waals surface area contributed by atoms with E-state index in [1.54, 1.807) is 31.0 Å². The number of nitro benzene ring substituents is 1. The number of fused-ring (bicyclic) bond motifs is 1. The minimum absolute atomic E-state index is 0.0573. The van der Waals surface area contributed by atoms with Gasteiger partial charge in [-0.1, -0.05) is 24.3 Å². The van der Waals surface area contributed by atoms with Gasteiger partial charge in [0.05, 0.1) is 31.2 Å². The van der Waals surface area contributed by atoms with Crippen LogP contribution in [0.1, 0.15) is 29.6 Å². The summed E-state index contributed by atoms with van der Waals surface area (Å²) in [6.45, 7) is 0. The molecule has 144 valence electrons. The quantitative estimate of drug-likeness (QED) is 0.534. The van der Waals surface area contributed by atoms with Crippen molar-refractivity contribution in [2.24, 2.45) is 0 Å². The van der Waals surface area contributed by atoms with E-state index in [4.69, 9.17) is 9.47 Å². The molecule has 0 unspecified atom stereocenters. The van der Waals surface area contributed by atoms with Gasteiger partial charge in [0.1, 0.15) is 6.33 Å². The Labute approximate surface area is 161 Å². The second-order valence-corrected chi connectivity index (χ2v) is 6.41. The monoisotopic (exact) mass is 381 g/mol. The van der Waals surface area contributed by atoms with E-state index in [0.717, 1.165) is 11.1 Å². The summed E-state index contributed by atoms with van der Waals surface area (Å²) in [4.78, 5) is 15.1. The van der Waals surface area contributed by atoms with E-state index < -0.39 is 4.92 Å². The Bertz CT molecular complexity index is 1020. The number of nitrogens with zero attached hydrogens (tertiary/aromatic N) is 4. The molecule has 0 saturated heterocycles. The number of nitrogens with one attached hydrogen (secondary N) is 1. The molecule has 28 heavy (non-hydrogen) atoms. The van der Waals surface area contributed by atoms with Gasteiger partial charge in [-0.2, -0.15) is 10.1 Å². The van der Waals surface area contributed by atoms with Crippen molar-refractivity contribution in [2.45, 2.75) is 18.5 Å². The third-order valence-electron chi connectivity index (χ3n) is 4.91. The highest BCUT2D eigenvalue weighted by atomic mass is 16.6. The molecule has 0 bridgehead atoms. The number of hydrogen-bond donors (Lipinski definition) is 1. The molecule has 0 aliphatic carbocycles. The molecule has 2 aromatic carbocycles. The van der Waals surface area contributed by atoms with Gasteiger partial charge in [0, 0.05) is 17.7 Å². The lowest BCUT2D eigenvalue weighted by Gasteiger charge is -2.32. The van der Waals surface area contributed by atoms with Crippen LogP contribution < -0.4 is 14.8 Å². The lowest BCUT2D eigenvalue weighted by Crippen LogP contribution is -2.28. The van der Waals surface area contributed by atoms with Crippen molar-refractivity contribution in [2.75, 3.05) is 19.5 Å². The molecule has 1 aliphatic rings. The maximum atomic E-state index is 11.2. The third kappa shape index (κ3) is 3.00. The van der Waals surface area contributed by atoms with Crippen LogP contribution in [0.3, 0.4) is 0 Å². The average molecular weight is 381 g/mol. The number of non-ortho nitro benzene ring substituents is 1. The van der Waals surface area contributed by atoms with Gasteiger partial charge in [0.25, 0.3) is 5.69 Å². The van der Waals surface area contributed by atoms with Crippen molar-refractivity contribution in [3.63, 3.8) is 0 Å². The SMILES string of the molecule is COc1cccc([C@@H]2C[C@H](c3cccc([N+](=O)[O-])c3)Nc3ncnn32)c1OC. The Morgan fingerprint density at radius 3 is 2.79 bits per heavy atom. The third-order valence-corrected chi connectivity index (χ3v) is 4.91. The molecular formula is C19H19N5O4. The standard InChI is InChI=1S/C19H19N5O4/c1-27-17-8-4-7-14(18(17)28-2)16-10-15(22-19-20-11-21-23(16)19)12-5-3-6-13(9-12)24(25)26/h3-9,11,15-16H,10H2,1-2H3,(H,20,21,22)/t15-,16+/m1/s1. The van der Waals surface area contributed by atoms with Crippen LogP contribution in [-0.2, 0) is 0 Å². The smallest absolute Gasteiger partial charge is 0.269 e. The van der Waals surface area contributed by atoms with Crippen LogP contribution in [0, 0.1) is 10.1 Å². The van der Waals surface area contributed by atoms with Crippen molar-refractivity contribution < 1.29 is 14.4 Å². The maximum absolute atomic E-state index is 11.2. The first-order chi connectivity index (χ1) is 13.6. The molecule has 9 nitrogen and oxygen atoms in total. The van der Waals surface area contributed by atoms with Crippen molar-refractivity contribution >= 4 is 11.6 Å². The summed E-state index contributed by atoms with van der Waals surface area (Å²) in [7, 11) is 3.19. The average Bonchev–Trinajstić information content (AvgIpc) is 3.21. The number of methoxy groups -OCH3 is 2. The zero-order chi connectivity index (χ0) is 19.7. The van der Waals surface area contributed by atoms with Crippen LogP contribution in [0.25, 0.3) is 0 Å². The molecule has 1 N–H and O–H groups in total.